The molecule has 0 aromatic heterocycles. The highest BCUT2D eigenvalue weighted by Gasteiger charge is 2.14. The molecule has 1 atom stereocenters. The van der Waals surface area contributed by atoms with Gasteiger partial charge < -0.3 is 10.4 Å². The van der Waals surface area contributed by atoms with E-state index in [1.54, 1.807) is 0 Å². The summed E-state index contributed by atoms with van der Waals surface area (Å²) in [5.74, 6) is 0. The molecule has 6 heteroatoms. The quantitative estimate of drug-likeness (QED) is 0.630. The van der Waals surface area contributed by atoms with Crippen LogP contribution >= 0.6 is 0 Å². The van der Waals surface area contributed by atoms with E-state index in [1.165, 1.54) is 18.2 Å². The van der Waals surface area contributed by atoms with Gasteiger partial charge in [0, 0.05) is 12.1 Å². The van der Waals surface area contributed by atoms with Gasteiger partial charge in [0.2, 0.25) is 0 Å². The Morgan fingerprint density at radius 1 is 1.27 bits per heavy atom. The number of rotatable bonds is 6. The van der Waals surface area contributed by atoms with Crippen molar-refractivity contribution in [3.05, 3.63) is 69.8 Å². The molecule has 0 saturated carbocycles. The summed E-state index contributed by atoms with van der Waals surface area (Å²) in [6.45, 7) is -0.114. The summed E-state index contributed by atoms with van der Waals surface area (Å²) in [5.41, 5.74) is 1.57. The molecule has 6 nitrogen and oxygen atoms in total. The fraction of sp³-hybridized carbons (Fsp3) is 0.188. The highest BCUT2D eigenvalue weighted by molar-refractivity contribution is 5.61. The molecule has 0 spiro atoms. The monoisotopic (exact) mass is 297 g/mol. The number of aliphatic hydroxyl groups excluding tert-OH is 1. The van der Waals surface area contributed by atoms with Gasteiger partial charge in [-0.1, -0.05) is 30.3 Å². The minimum absolute atomic E-state index is 0.114. The van der Waals surface area contributed by atoms with E-state index in [2.05, 4.69) is 5.32 Å². The molecule has 2 aromatic carbocycles. The topological polar surface area (TPSA) is 99.2 Å². The van der Waals surface area contributed by atoms with Crippen LogP contribution < -0.4 is 5.32 Å². The lowest BCUT2D eigenvalue weighted by Crippen LogP contribution is -2.26. The zero-order valence-corrected chi connectivity index (χ0v) is 11.8. The molecule has 2 aromatic rings. The van der Waals surface area contributed by atoms with Crippen LogP contribution in [0.1, 0.15) is 11.1 Å². The summed E-state index contributed by atoms with van der Waals surface area (Å²) in [6.07, 6.45) is 0.583. The third-order valence-electron chi connectivity index (χ3n) is 3.24. The lowest BCUT2D eigenvalue weighted by Gasteiger charge is -2.18. The summed E-state index contributed by atoms with van der Waals surface area (Å²) < 4.78 is 0. The van der Waals surface area contributed by atoms with Crippen molar-refractivity contribution in [2.45, 2.75) is 12.5 Å². The van der Waals surface area contributed by atoms with Crippen LogP contribution in [-0.4, -0.2) is 22.7 Å². The molecule has 1 unspecified atom stereocenters. The largest absolute Gasteiger partial charge is 0.394 e. The first-order valence-electron chi connectivity index (χ1n) is 6.74. The van der Waals surface area contributed by atoms with Crippen LogP contribution in [0.2, 0.25) is 0 Å². The van der Waals surface area contributed by atoms with Gasteiger partial charge in [0.25, 0.3) is 5.69 Å². The van der Waals surface area contributed by atoms with E-state index in [4.69, 9.17) is 5.26 Å². The summed E-state index contributed by atoms with van der Waals surface area (Å²) in [5, 5.41) is 32.4. The third-order valence-corrected chi connectivity index (χ3v) is 3.24. The van der Waals surface area contributed by atoms with Gasteiger partial charge in [0.1, 0.15) is 6.07 Å². The van der Waals surface area contributed by atoms with Gasteiger partial charge in [-0.25, -0.2) is 0 Å². The van der Waals surface area contributed by atoms with Crippen LogP contribution in [0.15, 0.2) is 48.5 Å². The maximum absolute atomic E-state index is 10.7. The van der Waals surface area contributed by atoms with Crippen molar-refractivity contribution in [2.75, 3.05) is 11.9 Å². The van der Waals surface area contributed by atoms with E-state index in [-0.39, 0.29) is 23.9 Å². The van der Waals surface area contributed by atoms with Crippen LogP contribution in [0.5, 0.6) is 0 Å². The minimum Gasteiger partial charge on any atom is -0.394 e. The van der Waals surface area contributed by atoms with Crippen molar-refractivity contribution >= 4 is 11.4 Å². The number of nitrogens with one attached hydrogen (secondary N) is 1. The van der Waals surface area contributed by atoms with Gasteiger partial charge in [-0.05, 0) is 18.1 Å². The Morgan fingerprint density at radius 2 is 2.00 bits per heavy atom. The van der Waals surface area contributed by atoms with Crippen molar-refractivity contribution in [1.82, 2.24) is 0 Å². The second kappa shape index (κ2) is 7.20. The fourth-order valence-corrected chi connectivity index (χ4v) is 2.14. The first kappa shape index (κ1) is 15.5. The second-order valence-electron chi connectivity index (χ2n) is 4.81. The van der Waals surface area contributed by atoms with E-state index in [1.807, 2.05) is 36.4 Å². The number of aliphatic hydroxyl groups is 1. The number of nitro groups is 1. The number of nitriles is 1. The summed E-state index contributed by atoms with van der Waals surface area (Å²) >= 11 is 0. The maximum atomic E-state index is 10.7. The molecule has 2 rings (SSSR count). The van der Waals surface area contributed by atoms with E-state index < -0.39 is 4.92 Å². The normalized spacial score (nSPS) is 11.5. The number of benzene rings is 2. The number of hydrogen-bond acceptors (Lipinski definition) is 5. The van der Waals surface area contributed by atoms with Gasteiger partial charge >= 0.3 is 0 Å². The molecule has 0 aliphatic carbocycles. The number of nitrogens with zero attached hydrogens (tertiary/aromatic N) is 2. The molecule has 2 N–H and O–H groups in total. The lowest BCUT2D eigenvalue weighted by molar-refractivity contribution is -0.384. The molecule has 0 bridgehead atoms. The molecule has 112 valence electrons. The number of anilines is 1. The van der Waals surface area contributed by atoms with Gasteiger partial charge in [0.05, 0.1) is 28.8 Å². The lowest BCUT2D eigenvalue weighted by atomic mass is 10.1. The van der Waals surface area contributed by atoms with E-state index in [0.717, 1.165) is 5.56 Å². The van der Waals surface area contributed by atoms with E-state index >= 15 is 0 Å². The van der Waals surface area contributed by atoms with E-state index in [0.29, 0.717) is 12.1 Å². The number of hydrogen-bond donors (Lipinski definition) is 2. The fourth-order valence-electron chi connectivity index (χ4n) is 2.14. The molecule has 0 heterocycles. The van der Waals surface area contributed by atoms with Gasteiger partial charge in [-0.3, -0.25) is 10.1 Å². The van der Waals surface area contributed by atoms with E-state index in [9.17, 15) is 15.2 Å². The molecule has 0 amide bonds. The highest BCUT2D eigenvalue weighted by atomic mass is 16.6. The van der Waals surface area contributed by atoms with Crippen LogP contribution in [0.25, 0.3) is 0 Å². The van der Waals surface area contributed by atoms with Crippen LogP contribution in [0.4, 0.5) is 11.4 Å². The second-order valence-corrected chi connectivity index (χ2v) is 4.81. The predicted octanol–water partition coefficient (Wildman–Crippen LogP) is 2.48. The average Bonchev–Trinajstić information content (AvgIpc) is 2.55. The highest BCUT2D eigenvalue weighted by Crippen LogP contribution is 2.22. The Bertz CT molecular complexity index is 696. The summed E-state index contributed by atoms with van der Waals surface area (Å²) in [4.78, 5) is 10.2. The molecule has 0 aliphatic rings. The SMILES string of the molecule is N#Cc1cc([N+](=O)[O-])ccc1NC(CO)Cc1ccccc1. The van der Waals surface area contributed by atoms with Crippen molar-refractivity contribution in [3.8, 4) is 6.07 Å². The maximum Gasteiger partial charge on any atom is 0.270 e. The Kier molecular flexibility index (Phi) is 5.07. The Morgan fingerprint density at radius 3 is 2.59 bits per heavy atom. The van der Waals surface area contributed by atoms with Crippen LogP contribution in [0.3, 0.4) is 0 Å². The molecule has 22 heavy (non-hydrogen) atoms. The van der Waals surface area contributed by atoms with Crippen molar-refractivity contribution in [2.24, 2.45) is 0 Å². The first-order valence-corrected chi connectivity index (χ1v) is 6.74. The number of nitro benzene ring substituents is 1. The Balaban J connectivity index is 2.17. The molecule has 0 fully saturated rings. The zero-order valence-electron chi connectivity index (χ0n) is 11.8. The van der Waals surface area contributed by atoms with Crippen LogP contribution in [0, 0.1) is 21.4 Å². The smallest absolute Gasteiger partial charge is 0.270 e. The van der Waals surface area contributed by atoms with Crippen molar-refractivity contribution < 1.29 is 10.0 Å². The Hall–Kier alpha value is -2.91. The molecule has 0 saturated heterocycles. The first-order chi connectivity index (χ1) is 10.6. The number of non-ortho nitro benzene ring substituents is 1. The molecule has 0 radical (unpaired) electrons. The average molecular weight is 297 g/mol. The van der Waals surface area contributed by atoms with Gasteiger partial charge in [-0.2, -0.15) is 5.26 Å². The zero-order chi connectivity index (χ0) is 15.9. The summed E-state index contributed by atoms with van der Waals surface area (Å²) in [7, 11) is 0. The molecular formula is C16H15N3O3. The summed E-state index contributed by atoms with van der Waals surface area (Å²) in [6, 6.07) is 15.3. The third kappa shape index (κ3) is 3.81. The Labute approximate surface area is 127 Å². The van der Waals surface area contributed by atoms with Crippen molar-refractivity contribution in [3.63, 3.8) is 0 Å². The predicted molar refractivity (Wildman–Crippen MR) is 82.5 cm³/mol. The minimum atomic E-state index is -0.544. The van der Waals surface area contributed by atoms with Crippen molar-refractivity contribution in [1.29, 1.82) is 5.26 Å². The van der Waals surface area contributed by atoms with Gasteiger partial charge in [-0.15, -0.1) is 0 Å². The standard InChI is InChI=1S/C16H15N3O3/c17-10-13-9-15(19(21)22)6-7-16(13)18-14(11-20)8-12-4-2-1-3-5-12/h1-7,9,14,18,20H,8,11H2. The van der Waals surface area contributed by atoms with Crippen LogP contribution in [-0.2, 0) is 6.42 Å². The van der Waals surface area contributed by atoms with Gasteiger partial charge in [0.15, 0.2) is 0 Å². The molecule has 0 aliphatic heterocycles. The molecular weight excluding hydrogens is 282 g/mol.